The summed E-state index contributed by atoms with van der Waals surface area (Å²) < 4.78 is 37.1. The van der Waals surface area contributed by atoms with Crippen LogP contribution in [-0.4, -0.2) is 47.0 Å². The third-order valence-corrected chi connectivity index (χ3v) is 2.80. The fourth-order valence-corrected chi connectivity index (χ4v) is 1.76. The molecule has 0 N–H and O–H groups in total. The van der Waals surface area contributed by atoms with Crippen LogP contribution in [0, 0.1) is 0 Å². The van der Waals surface area contributed by atoms with Crippen LogP contribution in [0.1, 0.15) is 5.56 Å². The van der Waals surface area contributed by atoms with Crippen LogP contribution < -0.4 is 4.90 Å². The van der Waals surface area contributed by atoms with Gasteiger partial charge >= 0.3 is 6.18 Å². The smallest absolute Gasteiger partial charge is 0.365 e. The average Bonchev–Trinajstić information content (AvgIpc) is 2.39. The quantitative estimate of drug-likeness (QED) is 0.751. The van der Waals surface area contributed by atoms with E-state index < -0.39 is 11.7 Å². The maximum absolute atomic E-state index is 12.4. The first kappa shape index (κ1) is 13.4. The molecule has 2 rings (SSSR count). The Morgan fingerprint density at radius 2 is 1.74 bits per heavy atom. The van der Waals surface area contributed by atoms with Crippen molar-refractivity contribution in [2.75, 3.05) is 31.1 Å². The average molecular weight is 272 g/mol. The Morgan fingerprint density at radius 3 is 2.21 bits per heavy atom. The van der Waals surface area contributed by atoms with Crippen molar-refractivity contribution in [3.63, 3.8) is 0 Å². The summed E-state index contributed by atoms with van der Waals surface area (Å²) in [5.41, 5.74) is -0.862. The van der Waals surface area contributed by atoms with Gasteiger partial charge in [0.1, 0.15) is 5.94 Å². The molecule has 2 heterocycles. The monoisotopic (exact) mass is 272 g/mol. The topological polar surface area (TPSA) is 49.3 Å². The van der Waals surface area contributed by atoms with E-state index in [2.05, 4.69) is 9.97 Å². The number of halogens is 3. The largest absolute Gasteiger partial charge is 0.419 e. The van der Waals surface area contributed by atoms with E-state index in [1.54, 1.807) is 15.7 Å². The Hall–Kier alpha value is -2.08. The molecule has 5 nitrogen and oxygen atoms in total. The minimum atomic E-state index is -4.42. The zero-order valence-corrected chi connectivity index (χ0v) is 9.89. The lowest BCUT2D eigenvalue weighted by atomic mass is 10.3. The zero-order chi connectivity index (χ0) is 13.9. The minimum Gasteiger partial charge on any atom is -0.365 e. The molecule has 8 heteroatoms. The molecule has 19 heavy (non-hydrogen) atoms. The first-order valence-corrected chi connectivity index (χ1v) is 5.60. The molecule has 0 aromatic carbocycles. The first-order chi connectivity index (χ1) is 9.00. The molecule has 0 radical (unpaired) electrons. The lowest BCUT2D eigenvalue weighted by Crippen LogP contribution is -2.44. The maximum Gasteiger partial charge on any atom is 0.419 e. The molecule has 0 saturated carbocycles. The van der Waals surface area contributed by atoms with Gasteiger partial charge in [-0.15, -0.1) is 0 Å². The van der Waals surface area contributed by atoms with Gasteiger partial charge in [0.05, 0.1) is 11.8 Å². The van der Waals surface area contributed by atoms with Gasteiger partial charge in [-0.2, -0.15) is 13.2 Å². The minimum absolute atomic E-state index is 0.266. The van der Waals surface area contributed by atoms with Crippen LogP contribution in [0.3, 0.4) is 0 Å². The number of aromatic nitrogens is 2. The lowest BCUT2D eigenvalue weighted by Gasteiger charge is -2.33. The number of hydrogen-bond donors (Lipinski definition) is 0. The van der Waals surface area contributed by atoms with Gasteiger partial charge in [0.15, 0.2) is 0 Å². The summed E-state index contributed by atoms with van der Waals surface area (Å²) in [7, 11) is 0. The van der Waals surface area contributed by atoms with E-state index in [0.717, 1.165) is 12.4 Å². The molecule has 1 aliphatic heterocycles. The predicted molar refractivity (Wildman–Crippen MR) is 61.1 cm³/mol. The normalized spacial score (nSPS) is 16.2. The molecule has 0 unspecified atom stereocenters. The number of nitrogens with zero attached hydrogens (tertiary/aromatic N) is 4. The zero-order valence-electron chi connectivity index (χ0n) is 9.89. The molecular formula is C11H11F3N4O. The van der Waals surface area contributed by atoms with E-state index in [-0.39, 0.29) is 5.95 Å². The van der Waals surface area contributed by atoms with Crippen molar-refractivity contribution < 1.29 is 18.0 Å². The lowest BCUT2D eigenvalue weighted by molar-refractivity contribution is -0.138. The number of alkyl halides is 3. The number of rotatable bonds is 2. The second-order valence-electron chi connectivity index (χ2n) is 4.04. The molecule has 0 atom stereocenters. The standard InChI is InChI=1S/C11H11F3N4O/c12-11(13,14)9-7-15-10(16-8-9)18-3-1-17(2-4-18)5-6-19/h5,7-8H,1-4H2. The highest BCUT2D eigenvalue weighted by Crippen LogP contribution is 2.28. The second kappa shape index (κ2) is 5.27. The summed E-state index contributed by atoms with van der Waals surface area (Å²) in [6.45, 7) is 2.26. The van der Waals surface area contributed by atoms with Crippen molar-refractivity contribution in [3.8, 4) is 0 Å². The Bertz CT molecular complexity index is 474. The van der Waals surface area contributed by atoms with Crippen molar-refractivity contribution in [3.05, 3.63) is 24.2 Å². The molecule has 1 aromatic rings. The molecular weight excluding hydrogens is 261 g/mol. The van der Waals surface area contributed by atoms with Gasteiger partial charge in [-0.25, -0.2) is 14.8 Å². The first-order valence-electron chi connectivity index (χ1n) is 5.60. The Labute approximate surface area is 107 Å². The van der Waals surface area contributed by atoms with Gasteiger partial charge in [-0.1, -0.05) is 0 Å². The molecule has 0 bridgehead atoms. The highest BCUT2D eigenvalue weighted by Gasteiger charge is 2.31. The fourth-order valence-electron chi connectivity index (χ4n) is 1.76. The van der Waals surface area contributed by atoms with E-state index in [1.807, 2.05) is 0 Å². The van der Waals surface area contributed by atoms with Gasteiger partial charge in [-0.3, -0.25) is 0 Å². The number of anilines is 1. The SMILES string of the molecule is O=C=CN1CCN(c2ncc(C(F)(F)F)cn2)CC1. The second-order valence-corrected chi connectivity index (χ2v) is 4.04. The molecule has 102 valence electrons. The summed E-state index contributed by atoms with van der Waals surface area (Å²) in [6.07, 6.45) is -1.54. The van der Waals surface area contributed by atoms with E-state index in [9.17, 15) is 18.0 Å². The van der Waals surface area contributed by atoms with Crippen LogP contribution in [-0.2, 0) is 11.0 Å². The summed E-state index contributed by atoms with van der Waals surface area (Å²) in [5, 5.41) is 0. The molecule has 0 spiro atoms. The van der Waals surface area contributed by atoms with Gasteiger partial charge in [0.25, 0.3) is 0 Å². The van der Waals surface area contributed by atoms with Crippen molar-refractivity contribution >= 4 is 11.9 Å². The predicted octanol–water partition coefficient (Wildman–Crippen LogP) is 0.963. The van der Waals surface area contributed by atoms with E-state index in [4.69, 9.17) is 0 Å². The summed E-state index contributed by atoms with van der Waals surface area (Å²) in [6, 6.07) is 0. The molecule has 1 aromatic heterocycles. The van der Waals surface area contributed by atoms with E-state index in [1.165, 1.54) is 6.20 Å². The van der Waals surface area contributed by atoms with Crippen LogP contribution in [0.25, 0.3) is 0 Å². The van der Waals surface area contributed by atoms with Crippen LogP contribution in [0.2, 0.25) is 0 Å². The Kier molecular flexibility index (Phi) is 3.71. The highest BCUT2D eigenvalue weighted by molar-refractivity contribution is 5.44. The molecule has 1 saturated heterocycles. The maximum atomic E-state index is 12.4. The van der Waals surface area contributed by atoms with Gasteiger partial charge < -0.3 is 9.80 Å². The van der Waals surface area contributed by atoms with Crippen molar-refractivity contribution in [1.82, 2.24) is 14.9 Å². The van der Waals surface area contributed by atoms with Gasteiger partial charge in [0.2, 0.25) is 5.95 Å². The highest BCUT2D eigenvalue weighted by atomic mass is 19.4. The summed E-state index contributed by atoms with van der Waals surface area (Å²) >= 11 is 0. The van der Waals surface area contributed by atoms with Crippen molar-refractivity contribution in [1.29, 1.82) is 0 Å². The van der Waals surface area contributed by atoms with Crippen molar-refractivity contribution in [2.24, 2.45) is 0 Å². The molecule has 0 aliphatic carbocycles. The third-order valence-electron chi connectivity index (χ3n) is 2.80. The fraction of sp³-hybridized carbons (Fsp3) is 0.455. The summed E-state index contributed by atoms with van der Waals surface area (Å²) in [5.74, 6) is 1.96. The van der Waals surface area contributed by atoms with E-state index in [0.29, 0.717) is 26.2 Å². The van der Waals surface area contributed by atoms with Crippen molar-refractivity contribution in [2.45, 2.75) is 6.18 Å². The molecule has 1 aliphatic rings. The third kappa shape index (κ3) is 3.23. The summed E-state index contributed by atoms with van der Waals surface area (Å²) in [4.78, 5) is 21.2. The van der Waals surface area contributed by atoms with Crippen LogP contribution in [0.5, 0.6) is 0 Å². The number of carbonyl (C=O) groups excluding carboxylic acids is 1. The van der Waals surface area contributed by atoms with Gasteiger partial charge in [-0.05, 0) is 0 Å². The van der Waals surface area contributed by atoms with Crippen LogP contribution in [0.4, 0.5) is 19.1 Å². The van der Waals surface area contributed by atoms with E-state index >= 15 is 0 Å². The van der Waals surface area contributed by atoms with Crippen LogP contribution in [0.15, 0.2) is 18.6 Å². The molecule has 0 amide bonds. The Morgan fingerprint density at radius 1 is 1.16 bits per heavy atom. The number of piperazine rings is 1. The Balaban J connectivity index is 2.02. The van der Waals surface area contributed by atoms with Gasteiger partial charge in [0, 0.05) is 38.6 Å². The van der Waals surface area contributed by atoms with Crippen LogP contribution >= 0.6 is 0 Å². The molecule has 1 fully saturated rings. The number of hydrogen-bond acceptors (Lipinski definition) is 5.